The third kappa shape index (κ3) is 3.20. The number of benzene rings is 1. The zero-order valence-electron chi connectivity index (χ0n) is 14.1. The highest BCUT2D eigenvalue weighted by molar-refractivity contribution is 7.89. The average Bonchev–Trinajstić information content (AvgIpc) is 2.87. The zero-order chi connectivity index (χ0) is 19.1. The van der Waals surface area contributed by atoms with Crippen LogP contribution in [0.25, 0.3) is 11.1 Å². The molecule has 1 aliphatic heterocycles. The molecule has 0 spiro atoms. The van der Waals surface area contributed by atoms with Gasteiger partial charge in [0.25, 0.3) is 0 Å². The van der Waals surface area contributed by atoms with Crippen molar-refractivity contribution in [3.05, 3.63) is 47.0 Å². The van der Waals surface area contributed by atoms with Gasteiger partial charge in [0.05, 0.1) is 16.5 Å². The fourth-order valence-corrected chi connectivity index (χ4v) is 4.85. The van der Waals surface area contributed by atoms with Crippen LogP contribution in [0.3, 0.4) is 0 Å². The highest BCUT2D eigenvalue weighted by atomic mass is 35.5. The molecule has 0 saturated heterocycles. The molecule has 1 aromatic carbocycles. The Morgan fingerprint density at radius 2 is 2.15 bits per heavy atom. The third-order valence-electron chi connectivity index (χ3n) is 4.17. The molecule has 0 radical (unpaired) electrons. The Labute approximate surface area is 155 Å². The number of sulfonamides is 1. The first-order chi connectivity index (χ1) is 12.3. The van der Waals surface area contributed by atoms with E-state index in [4.69, 9.17) is 16.3 Å². The van der Waals surface area contributed by atoms with E-state index in [-0.39, 0.29) is 23.1 Å². The summed E-state index contributed by atoms with van der Waals surface area (Å²) < 4.78 is 45.2. The van der Waals surface area contributed by atoms with Gasteiger partial charge in [-0.3, -0.25) is 4.79 Å². The van der Waals surface area contributed by atoms with Crippen LogP contribution >= 0.6 is 11.6 Å². The van der Waals surface area contributed by atoms with Gasteiger partial charge in [-0.25, -0.2) is 13.4 Å². The number of carbonyl (C=O) groups is 1. The van der Waals surface area contributed by atoms with Gasteiger partial charge in [-0.1, -0.05) is 23.7 Å². The van der Waals surface area contributed by atoms with Crippen molar-refractivity contribution in [2.45, 2.75) is 31.3 Å². The Kier molecular flexibility index (Phi) is 5.01. The smallest absolute Gasteiger partial charge is 0.324 e. The van der Waals surface area contributed by atoms with Crippen molar-refractivity contribution in [3.63, 3.8) is 0 Å². The Bertz CT molecular complexity index is 981. The minimum Gasteiger partial charge on any atom is -0.465 e. The summed E-state index contributed by atoms with van der Waals surface area (Å²) in [6.45, 7) is 3.37. The largest absolute Gasteiger partial charge is 0.465 e. The van der Waals surface area contributed by atoms with Gasteiger partial charge in [-0.15, -0.1) is 0 Å². The van der Waals surface area contributed by atoms with Crippen LogP contribution in [0.1, 0.15) is 19.4 Å². The Balaban J connectivity index is 2.02. The maximum atomic E-state index is 13.4. The molecule has 3 rings (SSSR count). The number of rotatable bonds is 4. The quantitative estimate of drug-likeness (QED) is 0.584. The van der Waals surface area contributed by atoms with E-state index in [2.05, 4.69) is 4.98 Å². The number of hydrogen-bond acceptors (Lipinski definition) is 5. The molecule has 0 amide bonds. The number of esters is 1. The number of ether oxygens (including phenoxy) is 1. The van der Waals surface area contributed by atoms with Gasteiger partial charge < -0.3 is 4.74 Å². The van der Waals surface area contributed by atoms with Crippen molar-refractivity contribution in [1.29, 1.82) is 0 Å². The molecule has 6 nitrogen and oxygen atoms in total. The van der Waals surface area contributed by atoms with Crippen LogP contribution in [-0.4, -0.2) is 36.3 Å². The average molecular weight is 399 g/mol. The summed E-state index contributed by atoms with van der Waals surface area (Å²) in [5.41, 5.74) is 1.34. The van der Waals surface area contributed by atoms with E-state index in [9.17, 15) is 17.6 Å². The molecule has 1 aromatic heterocycles. The SMILES string of the molecule is CCOC(=O)[C@@H](C)N1Cc2ccc(-c3cc(F)ncc3Cl)cc2S1(=O)=O. The van der Waals surface area contributed by atoms with Gasteiger partial charge in [0, 0.05) is 24.4 Å². The number of fused-ring (bicyclic) bond motifs is 1. The van der Waals surface area contributed by atoms with E-state index < -0.39 is 28.0 Å². The summed E-state index contributed by atoms with van der Waals surface area (Å²) in [6.07, 6.45) is 1.17. The summed E-state index contributed by atoms with van der Waals surface area (Å²) in [5.74, 6) is -1.33. The lowest BCUT2D eigenvalue weighted by atomic mass is 10.0. The first kappa shape index (κ1) is 18.8. The summed E-state index contributed by atoms with van der Waals surface area (Å²) in [6, 6.07) is 4.92. The first-order valence-electron chi connectivity index (χ1n) is 7.88. The molecule has 0 saturated carbocycles. The molecule has 2 aromatic rings. The lowest BCUT2D eigenvalue weighted by molar-refractivity contribution is -0.147. The maximum absolute atomic E-state index is 13.4. The molecule has 0 bridgehead atoms. The molecule has 0 unspecified atom stereocenters. The summed E-state index contributed by atoms with van der Waals surface area (Å²) in [4.78, 5) is 15.5. The number of halogens is 2. The second-order valence-electron chi connectivity index (χ2n) is 5.79. The van der Waals surface area contributed by atoms with Crippen LogP contribution in [0.2, 0.25) is 5.02 Å². The predicted molar refractivity (Wildman–Crippen MR) is 93.5 cm³/mol. The molecule has 9 heteroatoms. The summed E-state index contributed by atoms with van der Waals surface area (Å²) in [5, 5.41) is 0.207. The Hall–Kier alpha value is -2.03. The maximum Gasteiger partial charge on any atom is 0.324 e. The fraction of sp³-hybridized carbons (Fsp3) is 0.294. The van der Waals surface area contributed by atoms with Crippen LogP contribution in [0, 0.1) is 5.95 Å². The molecule has 1 atom stereocenters. The molecule has 1 aliphatic rings. The topological polar surface area (TPSA) is 76.6 Å². The van der Waals surface area contributed by atoms with Crippen molar-refractivity contribution < 1.29 is 22.3 Å². The van der Waals surface area contributed by atoms with Crippen LogP contribution in [0.15, 0.2) is 35.4 Å². The van der Waals surface area contributed by atoms with Crippen molar-refractivity contribution in [2.75, 3.05) is 6.61 Å². The van der Waals surface area contributed by atoms with Gasteiger partial charge >= 0.3 is 5.97 Å². The van der Waals surface area contributed by atoms with E-state index in [0.717, 1.165) is 10.4 Å². The molecule has 0 fully saturated rings. The minimum absolute atomic E-state index is 0.0658. The zero-order valence-corrected chi connectivity index (χ0v) is 15.6. The molecule has 0 aliphatic carbocycles. The van der Waals surface area contributed by atoms with Crippen LogP contribution in [-0.2, 0) is 26.1 Å². The Morgan fingerprint density at radius 1 is 1.42 bits per heavy atom. The number of carbonyl (C=O) groups excluding carboxylic acids is 1. The molecular weight excluding hydrogens is 383 g/mol. The predicted octanol–water partition coefficient (Wildman–Crippen LogP) is 3.00. The minimum atomic E-state index is -3.88. The summed E-state index contributed by atoms with van der Waals surface area (Å²) >= 11 is 6.06. The number of aromatic nitrogens is 1. The van der Waals surface area contributed by atoms with Gasteiger partial charge in [-0.05, 0) is 31.0 Å². The monoisotopic (exact) mass is 398 g/mol. The molecular formula is C17H16ClFN2O4S. The normalized spacial score (nSPS) is 16.9. The molecule has 2 heterocycles. The van der Waals surface area contributed by atoms with Gasteiger partial charge in [0.1, 0.15) is 6.04 Å². The summed E-state index contributed by atoms with van der Waals surface area (Å²) in [7, 11) is -3.88. The highest BCUT2D eigenvalue weighted by Gasteiger charge is 2.40. The van der Waals surface area contributed by atoms with E-state index in [1.807, 2.05) is 0 Å². The molecule has 0 N–H and O–H groups in total. The van der Waals surface area contributed by atoms with E-state index in [1.165, 1.54) is 19.2 Å². The second-order valence-corrected chi connectivity index (χ2v) is 8.05. The standard InChI is InChI=1S/C17H16ClFN2O4S/c1-3-25-17(22)10(2)21-9-12-5-4-11(6-15(12)26(21,23)24)13-7-16(19)20-8-14(13)18/h4-8,10H,3,9H2,1-2H3/t10-/m1/s1. The van der Waals surface area contributed by atoms with Gasteiger partial charge in [0.15, 0.2) is 0 Å². The van der Waals surface area contributed by atoms with Crippen LogP contribution in [0.4, 0.5) is 4.39 Å². The van der Waals surface area contributed by atoms with Crippen LogP contribution < -0.4 is 0 Å². The van der Waals surface area contributed by atoms with Crippen molar-refractivity contribution >= 4 is 27.6 Å². The lowest BCUT2D eigenvalue weighted by Crippen LogP contribution is -2.40. The number of nitrogens with zero attached hydrogens (tertiary/aromatic N) is 2. The fourth-order valence-electron chi connectivity index (χ4n) is 2.83. The van der Waals surface area contributed by atoms with Crippen LogP contribution in [0.5, 0.6) is 0 Å². The lowest BCUT2D eigenvalue weighted by Gasteiger charge is -2.20. The van der Waals surface area contributed by atoms with Crippen molar-refractivity contribution in [2.24, 2.45) is 0 Å². The van der Waals surface area contributed by atoms with Gasteiger partial charge in [0.2, 0.25) is 16.0 Å². The van der Waals surface area contributed by atoms with E-state index in [1.54, 1.807) is 19.1 Å². The third-order valence-corrected chi connectivity index (χ3v) is 6.47. The number of pyridine rings is 1. The highest BCUT2D eigenvalue weighted by Crippen LogP contribution is 2.36. The van der Waals surface area contributed by atoms with E-state index in [0.29, 0.717) is 16.7 Å². The van der Waals surface area contributed by atoms with Gasteiger partial charge in [-0.2, -0.15) is 8.70 Å². The Morgan fingerprint density at radius 3 is 2.85 bits per heavy atom. The molecule has 138 valence electrons. The van der Waals surface area contributed by atoms with E-state index >= 15 is 0 Å². The number of hydrogen-bond donors (Lipinski definition) is 0. The van der Waals surface area contributed by atoms with Crippen molar-refractivity contribution in [1.82, 2.24) is 9.29 Å². The molecule has 26 heavy (non-hydrogen) atoms. The first-order valence-corrected chi connectivity index (χ1v) is 9.70. The van der Waals surface area contributed by atoms with Crippen molar-refractivity contribution in [3.8, 4) is 11.1 Å². The second kappa shape index (κ2) is 6.94.